The first-order valence-corrected chi connectivity index (χ1v) is 4.49. The van der Waals surface area contributed by atoms with E-state index in [2.05, 4.69) is 6.58 Å². The van der Waals surface area contributed by atoms with E-state index in [9.17, 15) is 5.11 Å². The fourth-order valence-electron chi connectivity index (χ4n) is 1.46. The number of hydrogen-bond donors (Lipinski definition) is 1. The third-order valence-corrected chi connectivity index (χ3v) is 2.09. The average Bonchev–Trinajstić information content (AvgIpc) is 2.69. The molecular formula is C11H12O3. The molecule has 1 aliphatic rings. The molecule has 0 aromatic heterocycles. The van der Waals surface area contributed by atoms with Crippen LogP contribution < -0.4 is 0 Å². The second-order valence-corrected chi connectivity index (χ2v) is 3.14. The average molecular weight is 192 g/mol. The molecule has 74 valence electrons. The van der Waals surface area contributed by atoms with Crippen molar-refractivity contribution < 1.29 is 14.6 Å². The molecule has 0 amide bonds. The van der Waals surface area contributed by atoms with Gasteiger partial charge >= 0.3 is 0 Å². The molecule has 0 atom stereocenters. The molecule has 0 unspecified atom stereocenters. The Morgan fingerprint density at radius 1 is 1.29 bits per heavy atom. The van der Waals surface area contributed by atoms with E-state index in [0.717, 1.165) is 11.1 Å². The SMILES string of the molecule is C=Cc1cc(O)cc(C2OCCO2)c1. The van der Waals surface area contributed by atoms with Crippen LogP contribution in [0.25, 0.3) is 6.08 Å². The first-order chi connectivity index (χ1) is 6.79. The zero-order valence-electron chi connectivity index (χ0n) is 7.77. The summed E-state index contributed by atoms with van der Waals surface area (Å²) in [4.78, 5) is 0. The standard InChI is InChI=1S/C11H12O3/c1-2-8-5-9(7-10(12)6-8)11-13-3-4-14-11/h2,5-7,11-12H,1,3-4H2. The fourth-order valence-corrected chi connectivity index (χ4v) is 1.46. The summed E-state index contributed by atoms with van der Waals surface area (Å²) in [7, 11) is 0. The third-order valence-electron chi connectivity index (χ3n) is 2.09. The van der Waals surface area contributed by atoms with Crippen molar-refractivity contribution in [3.63, 3.8) is 0 Å². The van der Waals surface area contributed by atoms with Crippen LogP contribution >= 0.6 is 0 Å². The van der Waals surface area contributed by atoms with E-state index in [4.69, 9.17) is 9.47 Å². The van der Waals surface area contributed by atoms with E-state index in [1.165, 1.54) is 0 Å². The Bertz CT molecular complexity index is 340. The maximum Gasteiger partial charge on any atom is 0.184 e. The third kappa shape index (κ3) is 1.78. The van der Waals surface area contributed by atoms with Crippen molar-refractivity contribution in [3.05, 3.63) is 35.9 Å². The summed E-state index contributed by atoms with van der Waals surface area (Å²) in [5, 5.41) is 9.43. The molecule has 1 heterocycles. The Morgan fingerprint density at radius 2 is 2.00 bits per heavy atom. The molecule has 1 N–H and O–H groups in total. The van der Waals surface area contributed by atoms with E-state index < -0.39 is 0 Å². The largest absolute Gasteiger partial charge is 0.508 e. The summed E-state index contributed by atoms with van der Waals surface area (Å²) in [5.41, 5.74) is 1.69. The van der Waals surface area contributed by atoms with Gasteiger partial charge in [-0.1, -0.05) is 12.7 Å². The van der Waals surface area contributed by atoms with Crippen LogP contribution in [0.15, 0.2) is 24.8 Å². The minimum absolute atomic E-state index is 0.205. The van der Waals surface area contributed by atoms with Crippen LogP contribution in [0.5, 0.6) is 5.75 Å². The normalized spacial score (nSPS) is 17.1. The first kappa shape index (κ1) is 9.24. The molecule has 3 heteroatoms. The molecule has 14 heavy (non-hydrogen) atoms. The minimum Gasteiger partial charge on any atom is -0.508 e. The summed E-state index contributed by atoms with van der Waals surface area (Å²) in [5.74, 6) is 0.205. The zero-order chi connectivity index (χ0) is 9.97. The van der Waals surface area contributed by atoms with E-state index >= 15 is 0 Å². The van der Waals surface area contributed by atoms with Gasteiger partial charge in [-0.15, -0.1) is 0 Å². The summed E-state index contributed by atoms with van der Waals surface area (Å²) >= 11 is 0. The molecule has 0 saturated carbocycles. The van der Waals surface area contributed by atoms with Gasteiger partial charge in [-0.3, -0.25) is 0 Å². The van der Waals surface area contributed by atoms with Crippen LogP contribution in [0.3, 0.4) is 0 Å². The monoisotopic (exact) mass is 192 g/mol. The Kier molecular flexibility index (Phi) is 2.52. The minimum atomic E-state index is -0.346. The zero-order valence-corrected chi connectivity index (χ0v) is 7.77. The van der Waals surface area contributed by atoms with Crippen molar-refractivity contribution >= 4 is 6.08 Å². The van der Waals surface area contributed by atoms with Crippen molar-refractivity contribution in [2.75, 3.05) is 13.2 Å². The quantitative estimate of drug-likeness (QED) is 0.779. The molecule has 1 fully saturated rings. The van der Waals surface area contributed by atoms with Crippen molar-refractivity contribution in [3.8, 4) is 5.75 Å². The van der Waals surface area contributed by atoms with Gasteiger partial charge < -0.3 is 14.6 Å². The smallest absolute Gasteiger partial charge is 0.184 e. The van der Waals surface area contributed by atoms with Crippen LogP contribution in [0.1, 0.15) is 17.4 Å². The molecule has 2 rings (SSSR count). The number of phenols is 1. The summed E-state index contributed by atoms with van der Waals surface area (Å²) in [6.45, 7) is 4.85. The summed E-state index contributed by atoms with van der Waals surface area (Å²) < 4.78 is 10.7. The number of rotatable bonds is 2. The van der Waals surface area contributed by atoms with Crippen molar-refractivity contribution in [1.82, 2.24) is 0 Å². The van der Waals surface area contributed by atoms with Gasteiger partial charge in [-0.05, 0) is 23.8 Å². The number of ether oxygens (including phenoxy) is 2. The topological polar surface area (TPSA) is 38.7 Å². The Balaban J connectivity index is 2.31. The van der Waals surface area contributed by atoms with Crippen LogP contribution in [-0.4, -0.2) is 18.3 Å². The lowest BCUT2D eigenvalue weighted by molar-refractivity contribution is -0.0442. The Labute approximate surface area is 82.6 Å². The van der Waals surface area contributed by atoms with E-state index in [1.54, 1.807) is 18.2 Å². The molecule has 1 saturated heterocycles. The fraction of sp³-hybridized carbons (Fsp3) is 0.273. The summed E-state index contributed by atoms with van der Waals surface area (Å²) in [6, 6.07) is 5.18. The Morgan fingerprint density at radius 3 is 2.64 bits per heavy atom. The molecule has 3 nitrogen and oxygen atoms in total. The van der Waals surface area contributed by atoms with Gasteiger partial charge in [0.05, 0.1) is 13.2 Å². The lowest BCUT2D eigenvalue weighted by atomic mass is 10.1. The molecule has 1 aromatic rings. The van der Waals surface area contributed by atoms with E-state index in [-0.39, 0.29) is 12.0 Å². The lowest BCUT2D eigenvalue weighted by Gasteiger charge is -2.10. The van der Waals surface area contributed by atoms with Crippen LogP contribution in [0.2, 0.25) is 0 Å². The van der Waals surface area contributed by atoms with Gasteiger partial charge in [-0.2, -0.15) is 0 Å². The highest BCUT2D eigenvalue weighted by molar-refractivity contribution is 5.51. The molecule has 0 aliphatic carbocycles. The van der Waals surface area contributed by atoms with Gasteiger partial charge in [-0.25, -0.2) is 0 Å². The van der Waals surface area contributed by atoms with Crippen LogP contribution in [-0.2, 0) is 9.47 Å². The number of aromatic hydroxyl groups is 1. The van der Waals surface area contributed by atoms with E-state index in [1.807, 2.05) is 6.07 Å². The van der Waals surface area contributed by atoms with Crippen molar-refractivity contribution in [2.24, 2.45) is 0 Å². The highest BCUT2D eigenvalue weighted by atomic mass is 16.7. The highest BCUT2D eigenvalue weighted by Crippen LogP contribution is 2.27. The number of hydrogen-bond acceptors (Lipinski definition) is 3. The molecule has 0 radical (unpaired) electrons. The van der Waals surface area contributed by atoms with Crippen LogP contribution in [0, 0.1) is 0 Å². The van der Waals surface area contributed by atoms with Crippen LogP contribution in [0.4, 0.5) is 0 Å². The van der Waals surface area contributed by atoms with E-state index in [0.29, 0.717) is 13.2 Å². The maximum atomic E-state index is 9.43. The second-order valence-electron chi connectivity index (χ2n) is 3.14. The molecular weight excluding hydrogens is 180 g/mol. The number of benzene rings is 1. The molecule has 0 spiro atoms. The number of phenolic OH excluding ortho intramolecular Hbond substituents is 1. The second kappa shape index (κ2) is 3.82. The molecule has 1 aromatic carbocycles. The molecule has 1 aliphatic heterocycles. The van der Waals surface area contributed by atoms with Gasteiger partial charge in [0.15, 0.2) is 6.29 Å². The van der Waals surface area contributed by atoms with Gasteiger partial charge in [0.1, 0.15) is 5.75 Å². The summed E-state index contributed by atoms with van der Waals surface area (Å²) in [6.07, 6.45) is 1.33. The molecule has 0 bridgehead atoms. The van der Waals surface area contributed by atoms with Gasteiger partial charge in [0.25, 0.3) is 0 Å². The van der Waals surface area contributed by atoms with Gasteiger partial charge in [0, 0.05) is 5.56 Å². The predicted molar refractivity (Wildman–Crippen MR) is 52.8 cm³/mol. The van der Waals surface area contributed by atoms with Gasteiger partial charge in [0.2, 0.25) is 0 Å². The Hall–Kier alpha value is -1.32. The predicted octanol–water partition coefficient (Wildman–Crippen LogP) is 2.08. The maximum absolute atomic E-state index is 9.43. The van der Waals surface area contributed by atoms with Crippen molar-refractivity contribution in [1.29, 1.82) is 0 Å². The van der Waals surface area contributed by atoms with Crippen molar-refractivity contribution in [2.45, 2.75) is 6.29 Å². The highest BCUT2D eigenvalue weighted by Gasteiger charge is 2.18. The first-order valence-electron chi connectivity index (χ1n) is 4.49. The lowest BCUT2D eigenvalue weighted by Crippen LogP contribution is -1.97.